The van der Waals surface area contributed by atoms with Gasteiger partial charge < -0.3 is 0 Å². The number of halogens is 1. The van der Waals surface area contributed by atoms with Gasteiger partial charge in [0.05, 0.1) is 0 Å². The Bertz CT molecular complexity index is 168. The van der Waals surface area contributed by atoms with Crippen LogP contribution in [0.15, 0.2) is 17.8 Å². The van der Waals surface area contributed by atoms with Crippen LogP contribution in [0.4, 0.5) is 0 Å². The molecule has 0 atom stereocenters. The molecular weight excluding hydrogens is 138 g/mol. The average molecular weight is 144 g/mol. The predicted octanol–water partition coefficient (Wildman–Crippen LogP) is 1.14. The van der Waals surface area contributed by atoms with Crippen LogP contribution in [0.5, 0.6) is 0 Å². The molecule has 0 fully saturated rings. The monoisotopic (exact) mass is 143 g/mol. The Labute approximate surface area is 58.9 Å². The number of nitrogens with zero attached hydrogens (tertiary/aromatic N) is 3. The standard InChI is InChI=1S/C5H6ClN3/c1-3-8-5(6)9(2)4-7/h3H,1H2,2H3. The molecule has 0 aromatic heterocycles. The molecule has 0 aromatic carbocycles. The summed E-state index contributed by atoms with van der Waals surface area (Å²) >= 11 is 5.41. The number of rotatable bonds is 1. The normalized spacial score (nSPS) is 10.1. The van der Waals surface area contributed by atoms with Gasteiger partial charge in [-0.2, -0.15) is 5.26 Å². The van der Waals surface area contributed by atoms with E-state index in [9.17, 15) is 0 Å². The molecule has 0 unspecified atom stereocenters. The first-order valence-corrected chi connectivity index (χ1v) is 2.58. The van der Waals surface area contributed by atoms with Crippen LogP contribution in [0.25, 0.3) is 0 Å². The van der Waals surface area contributed by atoms with Crippen LogP contribution >= 0.6 is 11.6 Å². The van der Waals surface area contributed by atoms with Crippen molar-refractivity contribution in [2.24, 2.45) is 4.99 Å². The first-order valence-electron chi connectivity index (χ1n) is 2.20. The van der Waals surface area contributed by atoms with E-state index in [4.69, 9.17) is 16.9 Å². The molecule has 0 aliphatic heterocycles. The van der Waals surface area contributed by atoms with E-state index in [0.717, 1.165) is 4.90 Å². The van der Waals surface area contributed by atoms with Gasteiger partial charge >= 0.3 is 0 Å². The number of amidine groups is 1. The van der Waals surface area contributed by atoms with Crippen molar-refractivity contribution in [1.29, 1.82) is 5.26 Å². The van der Waals surface area contributed by atoms with E-state index >= 15 is 0 Å². The van der Waals surface area contributed by atoms with Crippen molar-refractivity contribution in [2.45, 2.75) is 0 Å². The Morgan fingerprint density at radius 1 is 2.00 bits per heavy atom. The van der Waals surface area contributed by atoms with Crippen LogP contribution in [0.3, 0.4) is 0 Å². The highest BCUT2D eigenvalue weighted by atomic mass is 35.5. The van der Waals surface area contributed by atoms with Gasteiger partial charge in [0, 0.05) is 13.2 Å². The first-order chi connectivity index (χ1) is 4.22. The number of hydrogen-bond acceptors (Lipinski definition) is 2. The fourth-order valence-electron chi connectivity index (χ4n) is 0.203. The zero-order valence-corrected chi connectivity index (χ0v) is 5.76. The Hall–Kier alpha value is -1.01. The Kier molecular flexibility index (Phi) is 3.49. The van der Waals surface area contributed by atoms with Crippen molar-refractivity contribution in [3.8, 4) is 6.19 Å². The summed E-state index contributed by atoms with van der Waals surface area (Å²) in [6, 6.07) is 0. The molecule has 0 heterocycles. The molecular formula is C5H6ClN3. The fraction of sp³-hybridized carbons (Fsp3) is 0.200. The van der Waals surface area contributed by atoms with Crippen molar-refractivity contribution in [1.82, 2.24) is 4.90 Å². The van der Waals surface area contributed by atoms with E-state index in [2.05, 4.69) is 11.6 Å². The lowest BCUT2D eigenvalue weighted by molar-refractivity contribution is 0.724. The first kappa shape index (κ1) is 7.99. The second-order valence-corrected chi connectivity index (χ2v) is 1.58. The van der Waals surface area contributed by atoms with E-state index in [0.29, 0.717) is 0 Å². The van der Waals surface area contributed by atoms with E-state index in [1.165, 1.54) is 13.2 Å². The summed E-state index contributed by atoms with van der Waals surface area (Å²) < 4.78 is 0. The maximum absolute atomic E-state index is 8.21. The van der Waals surface area contributed by atoms with Crippen LogP contribution in [-0.2, 0) is 0 Å². The zero-order chi connectivity index (χ0) is 7.28. The number of nitriles is 1. The van der Waals surface area contributed by atoms with Crippen molar-refractivity contribution < 1.29 is 0 Å². The highest BCUT2D eigenvalue weighted by Crippen LogP contribution is 1.90. The average Bonchev–Trinajstić information content (AvgIpc) is 1.87. The molecule has 4 heteroatoms. The SMILES string of the molecule is C=CN=C(Cl)N(C)C#N. The van der Waals surface area contributed by atoms with Crippen molar-refractivity contribution in [3.63, 3.8) is 0 Å². The minimum Gasteiger partial charge on any atom is -0.256 e. The summed E-state index contributed by atoms with van der Waals surface area (Å²) in [5.41, 5.74) is 0. The molecule has 9 heavy (non-hydrogen) atoms. The van der Waals surface area contributed by atoms with E-state index < -0.39 is 0 Å². The number of hydrogen-bond donors (Lipinski definition) is 0. The Morgan fingerprint density at radius 3 is 2.89 bits per heavy atom. The van der Waals surface area contributed by atoms with Gasteiger partial charge in [0.2, 0.25) is 5.29 Å². The molecule has 0 rings (SSSR count). The third-order valence-corrected chi connectivity index (χ3v) is 0.976. The van der Waals surface area contributed by atoms with Gasteiger partial charge in [0.25, 0.3) is 0 Å². The largest absolute Gasteiger partial charge is 0.256 e. The van der Waals surface area contributed by atoms with Gasteiger partial charge in [0.15, 0.2) is 6.19 Å². The van der Waals surface area contributed by atoms with E-state index in [1.54, 1.807) is 6.19 Å². The summed E-state index contributed by atoms with van der Waals surface area (Å²) in [5.74, 6) is 0. The third kappa shape index (κ3) is 2.73. The number of aliphatic imine (C=N–C) groups is 1. The summed E-state index contributed by atoms with van der Waals surface area (Å²) in [4.78, 5) is 4.67. The van der Waals surface area contributed by atoms with Gasteiger partial charge in [0.1, 0.15) is 0 Å². The minimum atomic E-state index is 0.118. The molecule has 0 aromatic rings. The van der Waals surface area contributed by atoms with E-state index in [-0.39, 0.29) is 5.29 Å². The molecule has 0 bridgehead atoms. The molecule has 0 aliphatic carbocycles. The smallest absolute Gasteiger partial charge is 0.211 e. The second kappa shape index (κ2) is 3.93. The zero-order valence-electron chi connectivity index (χ0n) is 5.00. The topological polar surface area (TPSA) is 39.4 Å². The van der Waals surface area contributed by atoms with Crippen LogP contribution in [-0.4, -0.2) is 17.2 Å². The van der Waals surface area contributed by atoms with Crippen LogP contribution in [0.1, 0.15) is 0 Å². The fourth-order valence-corrected chi connectivity index (χ4v) is 0.310. The van der Waals surface area contributed by atoms with Crippen LogP contribution < -0.4 is 0 Å². The van der Waals surface area contributed by atoms with Crippen LogP contribution in [0.2, 0.25) is 0 Å². The van der Waals surface area contributed by atoms with Crippen molar-refractivity contribution in [3.05, 3.63) is 12.8 Å². The molecule has 0 radical (unpaired) electrons. The third-order valence-electron chi connectivity index (χ3n) is 0.625. The van der Waals surface area contributed by atoms with Gasteiger partial charge in [-0.1, -0.05) is 6.58 Å². The predicted molar refractivity (Wildman–Crippen MR) is 36.9 cm³/mol. The van der Waals surface area contributed by atoms with Crippen molar-refractivity contribution >= 4 is 16.9 Å². The van der Waals surface area contributed by atoms with Gasteiger partial charge in [-0.25, -0.2) is 4.99 Å². The van der Waals surface area contributed by atoms with E-state index in [1.807, 2.05) is 0 Å². The molecule has 0 N–H and O–H groups in total. The summed E-state index contributed by atoms with van der Waals surface area (Å²) in [6.07, 6.45) is 3.05. The van der Waals surface area contributed by atoms with Crippen LogP contribution in [0, 0.1) is 11.5 Å². The lowest BCUT2D eigenvalue weighted by Crippen LogP contribution is -2.14. The lowest BCUT2D eigenvalue weighted by atomic mass is 10.9. The molecule has 0 spiro atoms. The maximum Gasteiger partial charge on any atom is 0.211 e. The minimum absolute atomic E-state index is 0.118. The highest BCUT2D eigenvalue weighted by molar-refractivity contribution is 6.64. The molecule has 0 amide bonds. The van der Waals surface area contributed by atoms with Crippen molar-refractivity contribution in [2.75, 3.05) is 7.05 Å². The molecule has 48 valence electrons. The lowest BCUT2D eigenvalue weighted by Gasteiger charge is -2.01. The maximum atomic E-state index is 8.21. The summed E-state index contributed by atoms with van der Waals surface area (Å²) in [7, 11) is 1.51. The van der Waals surface area contributed by atoms with Gasteiger partial charge in [-0.3, -0.25) is 4.90 Å². The quantitative estimate of drug-likeness (QED) is 0.182. The molecule has 0 aliphatic rings. The summed E-state index contributed by atoms with van der Waals surface area (Å²) in [6.45, 7) is 3.31. The Balaban J connectivity index is 4.05. The summed E-state index contributed by atoms with van der Waals surface area (Å²) in [5, 5.41) is 8.33. The Morgan fingerprint density at radius 2 is 2.56 bits per heavy atom. The molecule has 0 saturated carbocycles. The van der Waals surface area contributed by atoms with Gasteiger partial charge in [-0.15, -0.1) is 0 Å². The molecule has 3 nitrogen and oxygen atoms in total. The van der Waals surface area contributed by atoms with Gasteiger partial charge in [-0.05, 0) is 11.6 Å². The second-order valence-electron chi connectivity index (χ2n) is 1.24. The molecule has 0 saturated heterocycles. The highest BCUT2D eigenvalue weighted by Gasteiger charge is 1.96.